The number of carbonyl (C=O) groups excluding carboxylic acids is 2. The van der Waals surface area contributed by atoms with Gasteiger partial charge in [-0.1, -0.05) is 20.8 Å². The molecule has 0 aliphatic heterocycles. The summed E-state index contributed by atoms with van der Waals surface area (Å²) in [4.78, 5) is 36.1. The van der Waals surface area contributed by atoms with Crippen LogP contribution in [0.1, 0.15) is 31.1 Å². The molecule has 0 fully saturated rings. The standard InChI is InChI=1S/C18H21N3O4/c1-18(2,3)17(24)19-13-7-5-12(6-8-13)14(22)11-21-16(23)10-9-15(20-21)25-4/h5-10H,11H2,1-4H3,(H,19,24). The lowest BCUT2D eigenvalue weighted by Gasteiger charge is -2.17. The minimum Gasteiger partial charge on any atom is -0.480 e. The second-order valence-electron chi connectivity index (χ2n) is 6.58. The lowest BCUT2D eigenvalue weighted by molar-refractivity contribution is -0.123. The molecule has 0 bridgehead atoms. The number of aromatic nitrogens is 2. The van der Waals surface area contributed by atoms with Crippen LogP contribution in [-0.2, 0) is 11.3 Å². The van der Waals surface area contributed by atoms with Gasteiger partial charge in [-0.2, -0.15) is 0 Å². The van der Waals surface area contributed by atoms with Gasteiger partial charge in [-0.15, -0.1) is 5.10 Å². The van der Waals surface area contributed by atoms with Gasteiger partial charge in [0, 0.05) is 28.8 Å². The van der Waals surface area contributed by atoms with Crippen molar-refractivity contribution >= 4 is 17.4 Å². The van der Waals surface area contributed by atoms with E-state index in [4.69, 9.17) is 4.74 Å². The largest absolute Gasteiger partial charge is 0.480 e. The van der Waals surface area contributed by atoms with Crippen LogP contribution in [0.4, 0.5) is 5.69 Å². The average molecular weight is 343 g/mol. The van der Waals surface area contributed by atoms with E-state index in [0.29, 0.717) is 11.3 Å². The van der Waals surface area contributed by atoms with Crippen LogP contribution in [0.2, 0.25) is 0 Å². The van der Waals surface area contributed by atoms with E-state index in [-0.39, 0.29) is 29.7 Å². The Labute approximate surface area is 145 Å². The quantitative estimate of drug-likeness (QED) is 0.840. The number of nitrogens with zero attached hydrogens (tertiary/aromatic N) is 2. The highest BCUT2D eigenvalue weighted by atomic mass is 16.5. The van der Waals surface area contributed by atoms with Crippen molar-refractivity contribution in [2.24, 2.45) is 5.41 Å². The SMILES string of the molecule is COc1ccc(=O)n(CC(=O)c2ccc(NC(=O)C(C)(C)C)cc2)n1. The smallest absolute Gasteiger partial charge is 0.267 e. The maximum Gasteiger partial charge on any atom is 0.267 e. The predicted octanol–water partition coefficient (Wildman–Crippen LogP) is 2.12. The molecule has 0 spiro atoms. The van der Waals surface area contributed by atoms with Gasteiger partial charge in [0.2, 0.25) is 11.8 Å². The van der Waals surface area contributed by atoms with E-state index in [2.05, 4.69) is 10.4 Å². The van der Waals surface area contributed by atoms with E-state index in [1.807, 2.05) is 20.8 Å². The number of ether oxygens (including phenoxy) is 1. The third-order valence-corrected chi connectivity index (χ3v) is 3.49. The first-order valence-electron chi connectivity index (χ1n) is 7.77. The molecular formula is C18H21N3O4. The Kier molecular flexibility index (Phi) is 5.36. The van der Waals surface area contributed by atoms with E-state index in [9.17, 15) is 14.4 Å². The van der Waals surface area contributed by atoms with Crippen LogP contribution in [0, 0.1) is 5.41 Å². The Bertz CT molecular complexity index is 833. The fraction of sp³-hybridized carbons (Fsp3) is 0.333. The van der Waals surface area contributed by atoms with Crippen molar-refractivity contribution in [1.29, 1.82) is 0 Å². The van der Waals surface area contributed by atoms with Crippen LogP contribution in [0.25, 0.3) is 0 Å². The third kappa shape index (κ3) is 4.76. The van der Waals surface area contributed by atoms with Gasteiger partial charge in [-0.25, -0.2) is 4.68 Å². The van der Waals surface area contributed by atoms with E-state index in [1.54, 1.807) is 24.3 Å². The number of rotatable bonds is 5. The molecule has 0 saturated heterocycles. The highest BCUT2D eigenvalue weighted by Gasteiger charge is 2.21. The molecule has 7 nitrogen and oxygen atoms in total. The fourth-order valence-electron chi connectivity index (χ4n) is 1.94. The molecule has 132 valence electrons. The van der Waals surface area contributed by atoms with Crippen molar-refractivity contribution in [2.45, 2.75) is 27.3 Å². The number of ketones is 1. The molecule has 1 N–H and O–H groups in total. The highest BCUT2D eigenvalue weighted by molar-refractivity contribution is 5.97. The van der Waals surface area contributed by atoms with Gasteiger partial charge in [0.05, 0.1) is 7.11 Å². The topological polar surface area (TPSA) is 90.3 Å². The van der Waals surface area contributed by atoms with Gasteiger partial charge >= 0.3 is 0 Å². The number of amides is 1. The Balaban J connectivity index is 2.11. The summed E-state index contributed by atoms with van der Waals surface area (Å²) in [6, 6.07) is 9.25. The van der Waals surface area contributed by atoms with Gasteiger partial charge in [0.25, 0.3) is 5.56 Å². The van der Waals surface area contributed by atoms with Gasteiger partial charge in [-0.05, 0) is 24.3 Å². The van der Waals surface area contributed by atoms with Crippen LogP contribution >= 0.6 is 0 Å². The van der Waals surface area contributed by atoms with E-state index in [0.717, 1.165) is 4.68 Å². The summed E-state index contributed by atoms with van der Waals surface area (Å²) in [5.74, 6) is -0.122. The number of nitrogens with one attached hydrogen (secondary N) is 1. The maximum atomic E-state index is 12.3. The van der Waals surface area contributed by atoms with Crippen molar-refractivity contribution in [2.75, 3.05) is 12.4 Å². The molecule has 0 saturated carbocycles. The molecular weight excluding hydrogens is 322 g/mol. The average Bonchev–Trinajstić information content (AvgIpc) is 2.56. The van der Waals surface area contributed by atoms with Gasteiger partial charge in [0.15, 0.2) is 5.78 Å². The number of Topliss-reactive ketones (excluding diaryl/α,β-unsaturated/α-hetero) is 1. The molecule has 1 heterocycles. The van der Waals surface area contributed by atoms with Crippen LogP contribution in [-0.4, -0.2) is 28.6 Å². The molecule has 0 radical (unpaired) electrons. The summed E-state index contributed by atoms with van der Waals surface area (Å²) in [6.07, 6.45) is 0. The molecule has 7 heteroatoms. The lowest BCUT2D eigenvalue weighted by Crippen LogP contribution is -2.27. The van der Waals surface area contributed by atoms with Crippen LogP contribution in [0.5, 0.6) is 5.88 Å². The van der Waals surface area contributed by atoms with Crippen molar-refractivity contribution in [1.82, 2.24) is 9.78 Å². The Hall–Kier alpha value is -2.96. The molecule has 0 atom stereocenters. The van der Waals surface area contributed by atoms with Gasteiger partial charge < -0.3 is 10.1 Å². The fourth-order valence-corrected chi connectivity index (χ4v) is 1.94. The molecule has 2 aromatic rings. The minimum absolute atomic E-state index is 0.112. The van der Waals surface area contributed by atoms with E-state index in [1.165, 1.54) is 19.2 Å². The van der Waals surface area contributed by atoms with Gasteiger partial charge in [0.1, 0.15) is 6.54 Å². The Morgan fingerprint density at radius 3 is 2.32 bits per heavy atom. The van der Waals surface area contributed by atoms with E-state index >= 15 is 0 Å². The van der Waals surface area contributed by atoms with Crippen molar-refractivity contribution in [3.05, 3.63) is 52.3 Å². The summed E-state index contributed by atoms with van der Waals surface area (Å²) in [5.41, 5.74) is 0.134. The molecule has 0 unspecified atom stereocenters. The molecule has 0 aliphatic carbocycles. The van der Waals surface area contributed by atoms with Gasteiger partial charge in [-0.3, -0.25) is 14.4 Å². The van der Waals surface area contributed by atoms with Crippen molar-refractivity contribution < 1.29 is 14.3 Å². The zero-order valence-electron chi connectivity index (χ0n) is 14.7. The first-order chi connectivity index (χ1) is 11.7. The zero-order chi connectivity index (χ0) is 18.6. The Morgan fingerprint density at radius 1 is 1.12 bits per heavy atom. The third-order valence-electron chi connectivity index (χ3n) is 3.49. The number of carbonyl (C=O) groups is 2. The second kappa shape index (κ2) is 7.29. The van der Waals surface area contributed by atoms with Crippen LogP contribution in [0.15, 0.2) is 41.2 Å². The van der Waals surface area contributed by atoms with Crippen molar-refractivity contribution in [3.8, 4) is 5.88 Å². The zero-order valence-corrected chi connectivity index (χ0v) is 14.7. The summed E-state index contributed by atoms with van der Waals surface area (Å²) in [5, 5.41) is 6.73. The second-order valence-corrected chi connectivity index (χ2v) is 6.58. The van der Waals surface area contributed by atoms with Crippen LogP contribution < -0.4 is 15.6 Å². The number of methoxy groups -OCH3 is 1. The van der Waals surface area contributed by atoms with E-state index < -0.39 is 5.41 Å². The number of hydrogen-bond acceptors (Lipinski definition) is 5. The molecule has 2 rings (SSSR count). The lowest BCUT2D eigenvalue weighted by atomic mass is 9.95. The molecule has 1 aromatic heterocycles. The van der Waals surface area contributed by atoms with Crippen molar-refractivity contribution in [3.63, 3.8) is 0 Å². The summed E-state index contributed by atoms with van der Waals surface area (Å²) in [7, 11) is 1.43. The summed E-state index contributed by atoms with van der Waals surface area (Å²) < 4.78 is 6.01. The first-order valence-corrected chi connectivity index (χ1v) is 7.77. The number of anilines is 1. The monoisotopic (exact) mass is 343 g/mol. The summed E-state index contributed by atoms with van der Waals surface area (Å²) in [6.45, 7) is 5.26. The molecule has 1 amide bonds. The molecule has 1 aromatic carbocycles. The number of hydrogen-bond donors (Lipinski definition) is 1. The molecule has 0 aliphatic rings. The van der Waals surface area contributed by atoms with Crippen LogP contribution in [0.3, 0.4) is 0 Å². The highest BCUT2D eigenvalue weighted by Crippen LogP contribution is 2.18. The predicted molar refractivity (Wildman–Crippen MR) is 93.9 cm³/mol. The maximum absolute atomic E-state index is 12.3. The number of benzene rings is 1. The molecule has 25 heavy (non-hydrogen) atoms. The minimum atomic E-state index is -0.506. The Morgan fingerprint density at radius 2 is 1.76 bits per heavy atom. The normalized spacial score (nSPS) is 11.0. The first kappa shape index (κ1) is 18.4. The summed E-state index contributed by atoms with van der Waals surface area (Å²) >= 11 is 0.